The number of carbonyl (C=O) groups excluding carboxylic acids is 1. The number of nitrogens with zero attached hydrogens (tertiary/aromatic N) is 1. The van der Waals surface area contributed by atoms with Gasteiger partial charge in [-0.25, -0.2) is 13.6 Å². The summed E-state index contributed by atoms with van der Waals surface area (Å²) in [7, 11) is -3.66. The van der Waals surface area contributed by atoms with E-state index in [-0.39, 0.29) is 10.8 Å². The number of likely N-dealkylation sites (tertiary alicyclic amines) is 1. The van der Waals surface area contributed by atoms with Crippen molar-refractivity contribution in [3.8, 4) is 0 Å². The molecule has 3 N–H and O–H groups in total. The molecule has 1 aromatic carbocycles. The predicted octanol–water partition coefficient (Wildman–Crippen LogP) is 0.436. The van der Waals surface area contributed by atoms with Crippen molar-refractivity contribution >= 4 is 15.9 Å². The van der Waals surface area contributed by atoms with Gasteiger partial charge in [-0.15, -0.1) is 0 Å². The Morgan fingerprint density at radius 3 is 2.33 bits per heavy atom. The lowest BCUT2D eigenvalue weighted by atomic mass is 10.1. The summed E-state index contributed by atoms with van der Waals surface area (Å²) in [5.41, 5.74) is 0.842. The fourth-order valence-corrected chi connectivity index (χ4v) is 2.89. The van der Waals surface area contributed by atoms with E-state index in [0.29, 0.717) is 13.1 Å². The Morgan fingerprint density at radius 2 is 1.76 bits per heavy atom. The van der Waals surface area contributed by atoms with Gasteiger partial charge in [-0.1, -0.05) is 18.6 Å². The fraction of sp³-hybridized carbons (Fsp3) is 0.500. The van der Waals surface area contributed by atoms with Gasteiger partial charge in [0.25, 0.3) is 0 Å². The van der Waals surface area contributed by atoms with Crippen LogP contribution in [0.4, 0.5) is 0 Å². The number of benzene rings is 1. The lowest BCUT2D eigenvalue weighted by Gasteiger charge is -2.25. The van der Waals surface area contributed by atoms with Crippen LogP contribution in [0, 0.1) is 0 Å². The third kappa shape index (κ3) is 5.11. The van der Waals surface area contributed by atoms with Crippen LogP contribution in [0.1, 0.15) is 24.8 Å². The minimum atomic E-state index is -3.66. The SMILES string of the molecule is NS(=O)(=O)c1ccc(CNC(=O)CN2CCCCC2)cc1. The minimum Gasteiger partial charge on any atom is -0.351 e. The van der Waals surface area contributed by atoms with E-state index in [9.17, 15) is 13.2 Å². The summed E-state index contributed by atoms with van der Waals surface area (Å²) in [4.78, 5) is 14.1. The molecule has 21 heavy (non-hydrogen) atoms. The maximum absolute atomic E-state index is 11.8. The van der Waals surface area contributed by atoms with Crippen LogP contribution < -0.4 is 10.5 Å². The predicted molar refractivity (Wildman–Crippen MR) is 80.0 cm³/mol. The van der Waals surface area contributed by atoms with Crippen molar-refractivity contribution in [2.75, 3.05) is 19.6 Å². The first-order chi connectivity index (χ1) is 9.95. The molecule has 116 valence electrons. The summed E-state index contributed by atoms with van der Waals surface area (Å²) in [6.45, 7) is 2.78. The zero-order valence-electron chi connectivity index (χ0n) is 11.9. The molecule has 1 saturated heterocycles. The Hall–Kier alpha value is -1.44. The number of nitrogens with one attached hydrogen (secondary N) is 1. The molecule has 0 saturated carbocycles. The van der Waals surface area contributed by atoms with Crippen molar-refractivity contribution in [1.82, 2.24) is 10.2 Å². The van der Waals surface area contributed by atoms with Crippen molar-refractivity contribution < 1.29 is 13.2 Å². The standard InChI is InChI=1S/C14H21N3O3S/c15-21(19,20)13-6-4-12(5-7-13)10-16-14(18)11-17-8-2-1-3-9-17/h4-7H,1-3,8-11H2,(H,16,18)(H2,15,19,20). The van der Waals surface area contributed by atoms with Crippen molar-refractivity contribution in [2.24, 2.45) is 5.14 Å². The van der Waals surface area contributed by atoms with Crippen molar-refractivity contribution in [3.05, 3.63) is 29.8 Å². The molecule has 1 heterocycles. The van der Waals surface area contributed by atoms with E-state index in [1.807, 2.05) is 0 Å². The number of amides is 1. The second-order valence-corrected chi connectivity index (χ2v) is 6.86. The molecule has 1 aliphatic rings. The molecule has 2 rings (SSSR count). The molecule has 0 spiro atoms. The third-order valence-corrected chi connectivity index (χ3v) is 4.49. The molecule has 7 heteroatoms. The van der Waals surface area contributed by atoms with Gasteiger partial charge in [-0.05, 0) is 43.6 Å². The Morgan fingerprint density at radius 1 is 1.14 bits per heavy atom. The van der Waals surface area contributed by atoms with Crippen LogP contribution in [0.2, 0.25) is 0 Å². The summed E-state index contributed by atoms with van der Waals surface area (Å²) >= 11 is 0. The van der Waals surface area contributed by atoms with E-state index in [1.165, 1.54) is 18.6 Å². The maximum Gasteiger partial charge on any atom is 0.238 e. The van der Waals surface area contributed by atoms with Gasteiger partial charge in [-0.3, -0.25) is 9.69 Å². The molecule has 1 amide bonds. The van der Waals surface area contributed by atoms with E-state index in [4.69, 9.17) is 5.14 Å². The molecule has 0 bridgehead atoms. The molecule has 0 unspecified atom stereocenters. The molecule has 6 nitrogen and oxygen atoms in total. The van der Waals surface area contributed by atoms with Crippen LogP contribution in [-0.4, -0.2) is 38.9 Å². The summed E-state index contributed by atoms with van der Waals surface area (Å²) in [5.74, 6) is -0.00702. The number of nitrogens with two attached hydrogens (primary N) is 1. The monoisotopic (exact) mass is 311 g/mol. The highest BCUT2D eigenvalue weighted by Crippen LogP contribution is 2.09. The van der Waals surface area contributed by atoms with E-state index >= 15 is 0 Å². The topological polar surface area (TPSA) is 92.5 Å². The van der Waals surface area contributed by atoms with Gasteiger partial charge in [0.1, 0.15) is 0 Å². The van der Waals surface area contributed by atoms with Crippen molar-refractivity contribution in [3.63, 3.8) is 0 Å². The number of hydrogen-bond acceptors (Lipinski definition) is 4. The highest BCUT2D eigenvalue weighted by Gasteiger charge is 2.13. The highest BCUT2D eigenvalue weighted by molar-refractivity contribution is 7.89. The maximum atomic E-state index is 11.8. The van der Waals surface area contributed by atoms with Gasteiger partial charge in [0, 0.05) is 6.54 Å². The molecule has 1 aromatic rings. The van der Waals surface area contributed by atoms with Gasteiger partial charge in [-0.2, -0.15) is 0 Å². The highest BCUT2D eigenvalue weighted by atomic mass is 32.2. The van der Waals surface area contributed by atoms with E-state index in [1.54, 1.807) is 12.1 Å². The molecule has 0 aliphatic carbocycles. The summed E-state index contributed by atoms with van der Waals surface area (Å²) in [5, 5.41) is 7.87. The average Bonchev–Trinajstić information content (AvgIpc) is 2.46. The first-order valence-corrected chi connectivity index (χ1v) is 8.60. The first kappa shape index (κ1) is 15.9. The van der Waals surface area contributed by atoms with Crippen LogP contribution >= 0.6 is 0 Å². The number of carbonyl (C=O) groups is 1. The third-order valence-electron chi connectivity index (χ3n) is 3.56. The number of hydrogen-bond donors (Lipinski definition) is 2. The smallest absolute Gasteiger partial charge is 0.238 e. The van der Waals surface area contributed by atoms with Gasteiger partial charge < -0.3 is 5.32 Å². The van der Waals surface area contributed by atoms with Crippen molar-refractivity contribution in [1.29, 1.82) is 0 Å². The Balaban J connectivity index is 1.81. The largest absolute Gasteiger partial charge is 0.351 e. The Bertz CT molecular complexity index is 578. The molecule has 1 fully saturated rings. The second kappa shape index (κ2) is 7.02. The number of sulfonamides is 1. The molecule has 0 atom stereocenters. The normalized spacial score (nSPS) is 16.6. The number of rotatable bonds is 5. The first-order valence-electron chi connectivity index (χ1n) is 7.06. The number of piperidine rings is 1. The zero-order chi connectivity index (χ0) is 15.3. The van der Waals surface area contributed by atoms with Gasteiger partial charge in [0.15, 0.2) is 0 Å². The zero-order valence-corrected chi connectivity index (χ0v) is 12.7. The van der Waals surface area contributed by atoms with Crippen LogP contribution in [0.3, 0.4) is 0 Å². The van der Waals surface area contributed by atoms with Crippen LogP contribution in [0.15, 0.2) is 29.2 Å². The summed E-state index contributed by atoms with van der Waals surface area (Å²) in [6.07, 6.45) is 3.55. The summed E-state index contributed by atoms with van der Waals surface area (Å²) in [6, 6.07) is 6.20. The fourth-order valence-electron chi connectivity index (χ4n) is 2.37. The Labute approximate surface area is 125 Å². The lowest BCUT2D eigenvalue weighted by molar-refractivity contribution is -0.122. The minimum absolute atomic E-state index is 0.00702. The van der Waals surface area contributed by atoms with Crippen molar-refractivity contribution in [2.45, 2.75) is 30.7 Å². The Kier molecular flexibility index (Phi) is 5.33. The number of primary sulfonamides is 1. The van der Waals surface area contributed by atoms with E-state index < -0.39 is 10.0 Å². The molecular weight excluding hydrogens is 290 g/mol. The second-order valence-electron chi connectivity index (χ2n) is 5.30. The van der Waals surface area contributed by atoms with Gasteiger partial charge in [0.05, 0.1) is 11.4 Å². The molecule has 1 aliphatic heterocycles. The van der Waals surface area contributed by atoms with Crippen LogP contribution in [-0.2, 0) is 21.4 Å². The van der Waals surface area contributed by atoms with Crippen LogP contribution in [0.25, 0.3) is 0 Å². The average molecular weight is 311 g/mol. The molecular formula is C14H21N3O3S. The quantitative estimate of drug-likeness (QED) is 0.825. The van der Waals surface area contributed by atoms with Gasteiger partial charge >= 0.3 is 0 Å². The molecule has 0 radical (unpaired) electrons. The van der Waals surface area contributed by atoms with Gasteiger partial charge in [0.2, 0.25) is 15.9 Å². The van der Waals surface area contributed by atoms with E-state index in [2.05, 4.69) is 10.2 Å². The lowest BCUT2D eigenvalue weighted by Crippen LogP contribution is -2.39. The molecule has 0 aromatic heterocycles. The van der Waals surface area contributed by atoms with Crippen LogP contribution in [0.5, 0.6) is 0 Å². The van der Waals surface area contributed by atoms with E-state index in [0.717, 1.165) is 31.5 Å². The summed E-state index contributed by atoms with van der Waals surface area (Å²) < 4.78 is 22.3.